The van der Waals surface area contributed by atoms with E-state index in [0.717, 1.165) is 11.5 Å². The highest BCUT2D eigenvalue weighted by atomic mass is 32.1. The number of carbonyl (C=O) groups is 1. The first-order valence-corrected chi connectivity index (χ1v) is 7.27. The maximum atomic E-state index is 11.6. The highest BCUT2D eigenvalue weighted by Crippen LogP contribution is 2.44. The van der Waals surface area contributed by atoms with E-state index in [4.69, 9.17) is 5.73 Å². The fourth-order valence-corrected chi connectivity index (χ4v) is 3.31. The monoisotopic (exact) mass is 267 g/mol. The molecule has 1 fully saturated rings. The number of hydrogen-bond donors (Lipinski definition) is 3. The molecule has 100 valence electrons. The number of rotatable bonds is 5. The number of nitrogens with one attached hydrogen (secondary N) is 2. The van der Waals surface area contributed by atoms with Crippen molar-refractivity contribution in [2.45, 2.75) is 32.6 Å². The quantitative estimate of drug-likeness (QED) is 0.768. The highest BCUT2D eigenvalue weighted by Gasteiger charge is 2.34. The molecule has 1 heterocycles. The Labute approximate surface area is 112 Å². The maximum absolute atomic E-state index is 11.6. The highest BCUT2D eigenvalue weighted by molar-refractivity contribution is 7.18. The summed E-state index contributed by atoms with van der Waals surface area (Å²) in [6.07, 6.45) is 5.16. The second kappa shape index (κ2) is 5.18. The van der Waals surface area contributed by atoms with Crippen LogP contribution in [0, 0.1) is 5.41 Å². The molecule has 0 radical (unpaired) electrons. The fraction of sp³-hybridized carbons (Fsp3) is 0.615. The molecule has 18 heavy (non-hydrogen) atoms. The van der Waals surface area contributed by atoms with Crippen molar-refractivity contribution in [3.05, 3.63) is 10.9 Å². The number of hydrogen-bond acceptors (Lipinski definition) is 4. The van der Waals surface area contributed by atoms with E-state index < -0.39 is 0 Å². The minimum Gasteiger partial charge on any atom is -0.397 e. The second-order valence-electron chi connectivity index (χ2n) is 5.03. The summed E-state index contributed by atoms with van der Waals surface area (Å²) in [5, 5.41) is 7.03. The summed E-state index contributed by atoms with van der Waals surface area (Å²) in [6, 6.07) is 1.86. The van der Waals surface area contributed by atoms with Crippen molar-refractivity contribution >= 4 is 27.9 Å². The van der Waals surface area contributed by atoms with Crippen LogP contribution >= 0.6 is 11.3 Å². The van der Waals surface area contributed by atoms with Crippen LogP contribution in [-0.4, -0.2) is 19.5 Å². The van der Waals surface area contributed by atoms with Crippen molar-refractivity contribution in [3.63, 3.8) is 0 Å². The predicted molar refractivity (Wildman–Crippen MR) is 77.2 cm³/mol. The average Bonchev–Trinajstić information content (AvgIpc) is 2.69. The van der Waals surface area contributed by atoms with Crippen molar-refractivity contribution in [2.75, 3.05) is 24.6 Å². The zero-order chi connectivity index (χ0) is 13.2. The Kier molecular flexibility index (Phi) is 3.80. The van der Waals surface area contributed by atoms with Gasteiger partial charge < -0.3 is 16.4 Å². The normalized spacial score (nSPS) is 17.0. The van der Waals surface area contributed by atoms with E-state index >= 15 is 0 Å². The molecule has 0 atom stereocenters. The lowest BCUT2D eigenvalue weighted by molar-refractivity contribution is 0.0968. The topological polar surface area (TPSA) is 67.1 Å². The lowest BCUT2D eigenvalue weighted by Crippen LogP contribution is -2.35. The van der Waals surface area contributed by atoms with E-state index in [0.29, 0.717) is 16.0 Å². The molecular weight excluding hydrogens is 246 g/mol. The van der Waals surface area contributed by atoms with Gasteiger partial charge in [-0.05, 0) is 30.7 Å². The lowest BCUT2D eigenvalue weighted by atomic mass is 9.67. The number of anilines is 2. The van der Waals surface area contributed by atoms with Gasteiger partial charge in [0.05, 0.1) is 10.7 Å². The zero-order valence-corrected chi connectivity index (χ0v) is 11.8. The van der Waals surface area contributed by atoms with Crippen molar-refractivity contribution in [2.24, 2.45) is 5.41 Å². The molecule has 1 amide bonds. The van der Waals surface area contributed by atoms with Gasteiger partial charge in [-0.15, -0.1) is 11.3 Å². The van der Waals surface area contributed by atoms with Gasteiger partial charge in [0.1, 0.15) is 4.88 Å². The summed E-state index contributed by atoms with van der Waals surface area (Å²) in [6.45, 7) is 3.23. The van der Waals surface area contributed by atoms with Gasteiger partial charge in [-0.3, -0.25) is 4.79 Å². The summed E-state index contributed by atoms with van der Waals surface area (Å²) in [5.41, 5.74) is 6.87. The third kappa shape index (κ3) is 2.46. The number of nitrogen functional groups attached to an aromatic ring is 1. The minimum atomic E-state index is -0.112. The largest absolute Gasteiger partial charge is 0.397 e. The van der Waals surface area contributed by atoms with Gasteiger partial charge in [-0.1, -0.05) is 13.3 Å². The molecule has 0 bridgehead atoms. The number of amides is 1. The summed E-state index contributed by atoms with van der Waals surface area (Å²) in [4.78, 5) is 12.2. The summed E-state index contributed by atoms with van der Waals surface area (Å²) in [7, 11) is 1.62. The first-order chi connectivity index (χ1) is 8.60. The Hall–Kier alpha value is -1.23. The van der Waals surface area contributed by atoms with E-state index in [9.17, 15) is 4.79 Å². The molecule has 4 nitrogen and oxygen atoms in total. The Balaban J connectivity index is 2.00. The standard InChI is InChI=1S/C13H21N3OS/c1-3-13(5-4-6-13)8-16-10-7-9(14)11(18-10)12(17)15-2/h7,16H,3-6,8,14H2,1-2H3,(H,15,17). The van der Waals surface area contributed by atoms with Crippen LogP contribution in [0.2, 0.25) is 0 Å². The smallest absolute Gasteiger partial charge is 0.263 e. The van der Waals surface area contributed by atoms with E-state index in [1.165, 1.54) is 37.0 Å². The van der Waals surface area contributed by atoms with Crippen LogP contribution in [0.1, 0.15) is 42.3 Å². The van der Waals surface area contributed by atoms with Crippen LogP contribution in [0.25, 0.3) is 0 Å². The molecule has 4 N–H and O–H groups in total. The van der Waals surface area contributed by atoms with Crippen LogP contribution < -0.4 is 16.4 Å². The molecule has 1 aromatic heterocycles. The van der Waals surface area contributed by atoms with Crippen LogP contribution in [0.5, 0.6) is 0 Å². The second-order valence-corrected chi connectivity index (χ2v) is 6.09. The molecule has 0 aliphatic heterocycles. The third-order valence-electron chi connectivity index (χ3n) is 4.00. The molecule has 1 aliphatic rings. The Bertz CT molecular complexity index is 432. The molecule has 1 aromatic rings. The van der Waals surface area contributed by atoms with Crippen molar-refractivity contribution < 1.29 is 4.79 Å². The molecule has 0 unspecified atom stereocenters. The molecule has 0 aromatic carbocycles. The summed E-state index contributed by atoms with van der Waals surface area (Å²) in [5.74, 6) is -0.112. The first kappa shape index (κ1) is 13.2. The predicted octanol–water partition coefficient (Wildman–Crippen LogP) is 2.68. The summed E-state index contributed by atoms with van der Waals surface area (Å²) >= 11 is 1.43. The van der Waals surface area contributed by atoms with E-state index in [1.54, 1.807) is 7.05 Å². The molecule has 0 saturated heterocycles. The van der Waals surface area contributed by atoms with Crippen LogP contribution in [-0.2, 0) is 0 Å². The van der Waals surface area contributed by atoms with Gasteiger partial charge in [-0.25, -0.2) is 0 Å². The van der Waals surface area contributed by atoms with Crippen LogP contribution in [0.4, 0.5) is 10.7 Å². The molecule has 2 rings (SSSR count). The van der Waals surface area contributed by atoms with E-state index in [1.807, 2.05) is 6.07 Å². The van der Waals surface area contributed by atoms with Crippen LogP contribution in [0.3, 0.4) is 0 Å². The number of carbonyl (C=O) groups excluding carboxylic acids is 1. The molecule has 1 aliphatic carbocycles. The van der Waals surface area contributed by atoms with Gasteiger partial charge in [0, 0.05) is 13.6 Å². The molecular formula is C13H21N3OS. The van der Waals surface area contributed by atoms with E-state index in [2.05, 4.69) is 17.6 Å². The molecule has 5 heteroatoms. The van der Waals surface area contributed by atoms with Gasteiger partial charge in [0.2, 0.25) is 0 Å². The maximum Gasteiger partial charge on any atom is 0.263 e. The van der Waals surface area contributed by atoms with Crippen molar-refractivity contribution in [1.29, 1.82) is 0 Å². The molecule has 0 spiro atoms. The van der Waals surface area contributed by atoms with Crippen molar-refractivity contribution in [3.8, 4) is 0 Å². The van der Waals surface area contributed by atoms with Crippen molar-refractivity contribution in [1.82, 2.24) is 5.32 Å². The van der Waals surface area contributed by atoms with Gasteiger partial charge in [-0.2, -0.15) is 0 Å². The summed E-state index contributed by atoms with van der Waals surface area (Å²) < 4.78 is 0. The SMILES string of the molecule is CCC1(CNc2cc(N)c(C(=O)NC)s2)CCC1. The molecule has 1 saturated carbocycles. The lowest BCUT2D eigenvalue weighted by Gasteiger charge is -2.41. The zero-order valence-electron chi connectivity index (χ0n) is 11.0. The Morgan fingerprint density at radius 2 is 2.28 bits per heavy atom. The average molecular weight is 267 g/mol. The number of nitrogens with two attached hydrogens (primary N) is 1. The van der Waals surface area contributed by atoms with Gasteiger partial charge in [0.15, 0.2) is 0 Å². The fourth-order valence-electron chi connectivity index (χ4n) is 2.39. The minimum absolute atomic E-state index is 0.112. The third-order valence-corrected chi connectivity index (χ3v) is 5.10. The van der Waals surface area contributed by atoms with Gasteiger partial charge in [0.25, 0.3) is 5.91 Å². The van der Waals surface area contributed by atoms with E-state index in [-0.39, 0.29) is 5.91 Å². The number of thiophene rings is 1. The van der Waals surface area contributed by atoms with Crippen LogP contribution in [0.15, 0.2) is 6.07 Å². The first-order valence-electron chi connectivity index (χ1n) is 6.45. The van der Waals surface area contributed by atoms with Gasteiger partial charge >= 0.3 is 0 Å². The Morgan fingerprint density at radius 3 is 2.78 bits per heavy atom. The Morgan fingerprint density at radius 1 is 1.56 bits per heavy atom.